The van der Waals surface area contributed by atoms with E-state index in [1.165, 1.54) is 43.6 Å². The molecule has 0 fully saturated rings. The van der Waals surface area contributed by atoms with Gasteiger partial charge >= 0.3 is 0 Å². The fourth-order valence-corrected chi connectivity index (χ4v) is 5.07. The van der Waals surface area contributed by atoms with E-state index in [2.05, 4.69) is 130 Å². The summed E-state index contributed by atoms with van der Waals surface area (Å²) in [6, 6.07) is 44.6. The van der Waals surface area contributed by atoms with Crippen LogP contribution in [0.1, 0.15) is 0 Å². The first-order valence-corrected chi connectivity index (χ1v) is 10.9. The molecule has 0 aliphatic rings. The van der Waals surface area contributed by atoms with E-state index in [4.69, 9.17) is 0 Å². The maximum atomic E-state index is 3.74. The number of hydrogen-bond donors (Lipinski definition) is 0. The molecule has 7 aromatic rings. The lowest BCUT2D eigenvalue weighted by Gasteiger charge is -2.12. The van der Waals surface area contributed by atoms with Crippen LogP contribution in [-0.2, 0) is 0 Å². The third-order valence-electron chi connectivity index (χ3n) is 6.41. The molecule has 0 bridgehead atoms. The molecule has 0 aliphatic carbocycles. The van der Waals surface area contributed by atoms with Crippen LogP contribution in [0.3, 0.4) is 0 Å². The topological polar surface area (TPSA) is 9.86 Å². The van der Waals surface area contributed by atoms with Gasteiger partial charge in [0.1, 0.15) is 0 Å². The molecule has 32 heavy (non-hydrogen) atoms. The van der Waals surface area contributed by atoms with Crippen LogP contribution in [0.5, 0.6) is 0 Å². The number of fused-ring (bicyclic) bond motifs is 6. The molecule has 5 aromatic carbocycles. The van der Waals surface area contributed by atoms with Gasteiger partial charge in [0, 0.05) is 27.6 Å². The van der Waals surface area contributed by atoms with E-state index in [1.54, 1.807) is 0 Å². The number of aromatic nitrogens is 2. The van der Waals surface area contributed by atoms with E-state index in [-0.39, 0.29) is 0 Å². The third-order valence-corrected chi connectivity index (χ3v) is 6.41. The summed E-state index contributed by atoms with van der Waals surface area (Å²) in [5.41, 5.74) is 6.88. The molecule has 0 saturated heterocycles. The van der Waals surface area contributed by atoms with Crippen LogP contribution in [0.2, 0.25) is 0 Å². The number of rotatable bonds is 2. The first-order chi connectivity index (χ1) is 15.9. The molecule has 2 heterocycles. The van der Waals surface area contributed by atoms with Gasteiger partial charge in [0.2, 0.25) is 0 Å². The van der Waals surface area contributed by atoms with Crippen LogP contribution in [0, 0.1) is 6.07 Å². The molecule has 0 N–H and O–H groups in total. The maximum Gasteiger partial charge on any atom is 0.0563 e. The predicted octanol–water partition coefficient (Wildman–Crippen LogP) is 7.68. The minimum atomic E-state index is 1.04. The van der Waals surface area contributed by atoms with Crippen molar-refractivity contribution in [3.8, 4) is 11.4 Å². The Kier molecular flexibility index (Phi) is 3.58. The van der Waals surface area contributed by atoms with Crippen molar-refractivity contribution >= 4 is 43.6 Å². The Morgan fingerprint density at radius 3 is 1.00 bits per heavy atom. The number of benzene rings is 5. The normalized spacial score (nSPS) is 11.8. The second kappa shape index (κ2) is 6.60. The molecule has 0 aliphatic heterocycles. The van der Waals surface area contributed by atoms with Crippen LogP contribution in [0.25, 0.3) is 55.0 Å². The molecular formula is C30H19N2. The van der Waals surface area contributed by atoms with Crippen molar-refractivity contribution in [2.75, 3.05) is 0 Å². The van der Waals surface area contributed by atoms with Crippen molar-refractivity contribution in [3.05, 3.63) is 121 Å². The van der Waals surface area contributed by atoms with Crippen LogP contribution in [0.4, 0.5) is 0 Å². The predicted molar refractivity (Wildman–Crippen MR) is 134 cm³/mol. The Labute approximate surface area is 185 Å². The lowest BCUT2D eigenvalue weighted by atomic mass is 10.2. The summed E-state index contributed by atoms with van der Waals surface area (Å²) >= 11 is 0. The second-order valence-corrected chi connectivity index (χ2v) is 8.16. The van der Waals surface area contributed by atoms with E-state index in [0.29, 0.717) is 0 Å². The molecule has 149 valence electrons. The quantitative estimate of drug-likeness (QED) is 0.278. The van der Waals surface area contributed by atoms with E-state index < -0.39 is 0 Å². The molecule has 0 amide bonds. The Balaban J connectivity index is 1.55. The Morgan fingerprint density at radius 2 is 0.656 bits per heavy atom. The fraction of sp³-hybridized carbons (Fsp3) is 0. The second-order valence-electron chi connectivity index (χ2n) is 8.16. The first-order valence-electron chi connectivity index (χ1n) is 10.9. The van der Waals surface area contributed by atoms with Gasteiger partial charge < -0.3 is 9.13 Å². The summed E-state index contributed by atoms with van der Waals surface area (Å²) < 4.78 is 4.64. The molecule has 0 saturated carbocycles. The van der Waals surface area contributed by atoms with E-state index in [9.17, 15) is 0 Å². The highest BCUT2D eigenvalue weighted by Crippen LogP contribution is 2.34. The standard InChI is InChI=1S/C30H19N2/c1-5-16-27-23(12-1)24-13-2-6-17-28(24)31(27)21-10-9-11-22(20-21)32-29-18-7-3-14-25(29)26-15-4-8-19-30(26)32/h1-19H. The summed E-state index contributed by atoms with van der Waals surface area (Å²) in [6.45, 7) is 0. The van der Waals surface area contributed by atoms with E-state index >= 15 is 0 Å². The Morgan fingerprint density at radius 1 is 0.344 bits per heavy atom. The van der Waals surface area contributed by atoms with Gasteiger partial charge in [0.15, 0.2) is 0 Å². The molecular weight excluding hydrogens is 388 g/mol. The fourth-order valence-electron chi connectivity index (χ4n) is 5.07. The lowest BCUT2D eigenvalue weighted by molar-refractivity contribution is 1.13. The number of nitrogens with zero attached hydrogens (tertiary/aromatic N) is 2. The van der Waals surface area contributed by atoms with E-state index in [1.807, 2.05) is 0 Å². The highest BCUT2D eigenvalue weighted by Gasteiger charge is 2.15. The summed E-state index contributed by atoms with van der Waals surface area (Å²) in [5, 5.41) is 5.05. The highest BCUT2D eigenvalue weighted by molar-refractivity contribution is 6.10. The largest absolute Gasteiger partial charge is 0.309 e. The molecule has 0 unspecified atom stereocenters. The number of para-hydroxylation sites is 4. The SMILES string of the molecule is [c]1c(-n2c3ccccc3c3ccccc32)cccc1-n1c2ccccc2c2ccccc21. The Hall–Kier alpha value is -4.30. The average Bonchev–Trinajstić information content (AvgIpc) is 3.37. The monoisotopic (exact) mass is 407 g/mol. The Bertz CT molecular complexity index is 1550. The summed E-state index contributed by atoms with van der Waals surface area (Å²) in [4.78, 5) is 0. The van der Waals surface area contributed by atoms with Crippen molar-refractivity contribution < 1.29 is 0 Å². The van der Waals surface area contributed by atoms with Crippen molar-refractivity contribution in [1.82, 2.24) is 9.13 Å². The van der Waals surface area contributed by atoms with Crippen LogP contribution < -0.4 is 0 Å². The number of hydrogen-bond acceptors (Lipinski definition) is 0. The molecule has 0 spiro atoms. The zero-order valence-electron chi connectivity index (χ0n) is 17.4. The smallest absolute Gasteiger partial charge is 0.0563 e. The van der Waals surface area contributed by atoms with Crippen molar-refractivity contribution in [2.24, 2.45) is 0 Å². The van der Waals surface area contributed by atoms with Gasteiger partial charge in [-0.3, -0.25) is 0 Å². The lowest BCUT2D eigenvalue weighted by Crippen LogP contribution is -1.99. The summed E-state index contributed by atoms with van der Waals surface area (Å²) in [6.07, 6.45) is 0. The van der Waals surface area contributed by atoms with Crippen molar-refractivity contribution in [1.29, 1.82) is 0 Å². The zero-order chi connectivity index (χ0) is 21.1. The molecule has 1 radical (unpaired) electrons. The summed E-state index contributed by atoms with van der Waals surface area (Å²) in [5.74, 6) is 0. The maximum absolute atomic E-state index is 3.74. The highest BCUT2D eigenvalue weighted by atomic mass is 15.0. The van der Waals surface area contributed by atoms with Gasteiger partial charge in [0.05, 0.1) is 33.4 Å². The van der Waals surface area contributed by atoms with Gasteiger partial charge in [-0.25, -0.2) is 0 Å². The van der Waals surface area contributed by atoms with E-state index in [0.717, 1.165) is 11.4 Å². The van der Waals surface area contributed by atoms with Crippen molar-refractivity contribution in [3.63, 3.8) is 0 Å². The molecule has 2 aromatic heterocycles. The minimum absolute atomic E-state index is 1.04. The molecule has 7 rings (SSSR count). The van der Waals surface area contributed by atoms with Crippen LogP contribution in [0.15, 0.2) is 115 Å². The third kappa shape index (κ3) is 2.35. The van der Waals surface area contributed by atoms with Gasteiger partial charge in [-0.15, -0.1) is 0 Å². The van der Waals surface area contributed by atoms with Crippen LogP contribution >= 0.6 is 0 Å². The van der Waals surface area contributed by atoms with Gasteiger partial charge in [-0.2, -0.15) is 0 Å². The van der Waals surface area contributed by atoms with Crippen LogP contribution in [-0.4, -0.2) is 9.13 Å². The van der Waals surface area contributed by atoms with Gasteiger partial charge in [-0.05, 0) is 36.4 Å². The minimum Gasteiger partial charge on any atom is -0.309 e. The molecule has 2 nitrogen and oxygen atoms in total. The first kappa shape index (κ1) is 17.4. The van der Waals surface area contributed by atoms with Gasteiger partial charge in [0.25, 0.3) is 0 Å². The average molecular weight is 407 g/mol. The van der Waals surface area contributed by atoms with Crippen molar-refractivity contribution in [2.45, 2.75) is 0 Å². The van der Waals surface area contributed by atoms with Gasteiger partial charge in [-0.1, -0.05) is 78.9 Å². The zero-order valence-corrected chi connectivity index (χ0v) is 17.4. The molecule has 2 heteroatoms. The summed E-state index contributed by atoms with van der Waals surface area (Å²) in [7, 11) is 0. The molecule has 0 atom stereocenters.